The van der Waals surface area contributed by atoms with Gasteiger partial charge in [-0.2, -0.15) is 0 Å². The SMILES string of the molecule is COC(=O)c1cc2c(=O)n3cccc(C)c3nc2[n+](CCO)c1N. The smallest absolute Gasteiger partial charge is 0.344 e. The van der Waals surface area contributed by atoms with E-state index >= 15 is 0 Å². The van der Waals surface area contributed by atoms with Crippen LogP contribution in [0.2, 0.25) is 0 Å². The molecule has 3 aromatic heterocycles. The molecule has 0 spiro atoms. The summed E-state index contributed by atoms with van der Waals surface area (Å²) in [6.07, 6.45) is 1.61. The predicted molar refractivity (Wildman–Crippen MR) is 86.7 cm³/mol. The van der Waals surface area contributed by atoms with E-state index in [1.54, 1.807) is 12.3 Å². The molecule has 0 bridgehead atoms. The normalized spacial score (nSPS) is 11.1. The molecule has 8 heteroatoms. The van der Waals surface area contributed by atoms with Gasteiger partial charge in [0.1, 0.15) is 10.9 Å². The molecule has 0 saturated carbocycles. The number of ether oxygens (including phenoxy) is 1. The number of aromatic nitrogens is 3. The lowest BCUT2D eigenvalue weighted by Crippen LogP contribution is -2.43. The van der Waals surface area contributed by atoms with Gasteiger partial charge in [0.2, 0.25) is 11.5 Å². The Labute approximate surface area is 136 Å². The highest BCUT2D eigenvalue weighted by molar-refractivity contribution is 5.96. The summed E-state index contributed by atoms with van der Waals surface area (Å²) in [5, 5.41) is 9.55. The molecule has 3 aromatic rings. The van der Waals surface area contributed by atoms with Gasteiger partial charge in [-0.25, -0.2) is 9.36 Å². The number of carbonyl (C=O) groups is 1. The molecule has 3 rings (SSSR count). The number of aryl methyl sites for hydroxylation is 1. The van der Waals surface area contributed by atoms with Crippen LogP contribution in [0.5, 0.6) is 0 Å². The van der Waals surface area contributed by atoms with Crippen molar-refractivity contribution in [1.82, 2.24) is 9.38 Å². The van der Waals surface area contributed by atoms with Gasteiger partial charge in [0.05, 0.1) is 20.3 Å². The third-order valence-corrected chi connectivity index (χ3v) is 3.90. The maximum absolute atomic E-state index is 12.8. The lowest BCUT2D eigenvalue weighted by molar-refractivity contribution is -0.660. The molecule has 0 amide bonds. The quantitative estimate of drug-likeness (QED) is 0.391. The van der Waals surface area contributed by atoms with Crippen LogP contribution >= 0.6 is 0 Å². The molecule has 0 radical (unpaired) electrons. The Kier molecular flexibility index (Phi) is 3.90. The van der Waals surface area contributed by atoms with Crippen LogP contribution in [0.4, 0.5) is 5.82 Å². The zero-order chi connectivity index (χ0) is 17.4. The van der Waals surface area contributed by atoms with Gasteiger partial charge in [-0.1, -0.05) is 11.1 Å². The number of esters is 1. The monoisotopic (exact) mass is 329 g/mol. The first-order valence-electron chi connectivity index (χ1n) is 7.32. The molecule has 124 valence electrons. The summed E-state index contributed by atoms with van der Waals surface area (Å²) in [4.78, 5) is 29.3. The Morgan fingerprint density at radius 1 is 1.50 bits per heavy atom. The lowest BCUT2D eigenvalue weighted by atomic mass is 10.2. The van der Waals surface area contributed by atoms with E-state index in [-0.39, 0.29) is 35.5 Å². The van der Waals surface area contributed by atoms with Crippen LogP contribution in [-0.4, -0.2) is 34.2 Å². The number of fused-ring (bicyclic) bond motifs is 2. The van der Waals surface area contributed by atoms with Gasteiger partial charge in [0.25, 0.3) is 11.2 Å². The number of nitrogen functional groups attached to an aromatic ring is 1. The van der Waals surface area contributed by atoms with Crippen molar-refractivity contribution in [2.75, 3.05) is 19.5 Å². The maximum atomic E-state index is 12.8. The third kappa shape index (κ3) is 2.28. The van der Waals surface area contributed by atoms with Crippen molar-refractivity contribution in [3.8, 4) is 0 Å². The molecule has 8 nitrogen and oxygen atoms in total. The van der Waals surface area contributed by atoms with Crippen LogP contribution in [0.25, 0.3) is 16.7 Å². The minimum Gasteiger partial charge on any atom is -0.465 e. The number of anilines is 1. The molecule has 3 N–H and O–H groups in total. The van der Waals surface area contributed by atoms with Crippen LogP contribution in [0, 0.1) is 6.92 Å². The van der Waals surface area contributed by atoms with E-state index in [2.05, 4.69) is 4.98 Å². The van der Waals surface area contributed by atoms with Crippen molar-refractivity contribution < 1.29 is 19.2 Å². The number of nitrogens with two attached hydrogens (primary N) is 1. The third-order valence-electron chi connectivity index (χ3n) is 3.90. The minimum absolute atomic E-state index is 0.0601. The van der Waals surface area contributed by atoms with Crippen LogP contribution in [0.3, 0.4) is 0 Å². The second-order valence-electron chi connectivity index (χ2n) is 5.35. The molecule has 3 heterocycles. The minimum atomic E-state index is -0.658. The van der Waals surface area contributed by atoms with E-state index in [4.69, 9.17) is 10.5 Å². The van der Waals surface area contributed by atoms with Gasteiger partial charge in [-0.3, -0.25) is 9.20 Å². The Balaban J connectivity index is 2.53. The number of aliphatic hydroxyl groups excluding tert-OH is 1. The first kappa shape index (κ1) is 15.9. The van der Waals surface area contributed by atoms with E-state index < -0.39 is 5.97 Å². The maximum Gasteiger partial charge on any atom is 0.344 e. The number of hydrogen-bond donors (Lipinski definition) is 2. The number of pyridine rings is 2. The summed E-state index contributed by atoms with van der Waals surface area (Å²) in [6.45, 7) is 1.72. The highest BCUT2D eigenvalue weighted by atomic mass is 16.5. The summed E-state index contributed by atoms with van der Waals surface area (Å²) in [7, 11) is 1.23. The van der Waals surface area contributed by atoms with Crippen molar-refractivity contribution in [1.29, 1.82) is 0 Å². The van der Waals surface area contributed by atoms with Crippen LogP contribution in [0.15, 0.2) is 29.2 Å². The molecule has 0 fully saturated rings. The average molecular weight is 329 g/mol. The fourth-order valence-electron chi connectivity index (χ4n) is 2.71. The Bertz CT molecular complexity index is 1030. The summed E-state index contributed by atoms with van der Waals surface area (Å²) in [5.41, 5.74) is 7.41. The average Bonchev–Trinajstić information content (AvgIpc) is 2.58. The molecule has 0 aliphatic carbocycles. The van der Waals surface area contributed by atoms with Crippen molar-refractivity contribution in [2.24, 2.45) is 0 Å². The van der Waals surface area contributed by atoms with Crippen molar-refractivity contribution in [3.63, 3.8) is 0 Å². The number of aliphatic hydroxyl groups is 1. The summed E-state index contributed by atoms with van der Waals surface area (Å²) >= 11 is 0. The standard InChI is InChI=1S/C16H16N4O4/c1-9-4-3-5-20-13(9)18-14-11(15(20)22)8-10(16(23)24-2)12(17)19(14)6-7-21/h3-5,8,17,21H,6-7H2,1-2H3/p+1. The zero-order valence-corrected chi connectivity index (χ0v) is 13.3. The number of rotatable bonds is 3. The summed E-state index contributed by atoms with van der Waals surface area (Å²) in [5.74, 6) is -0.567. The van der Waals surface area contributed by atoms with E-state index in [0.29, 0.717) is 11.3 Å². The van der Waals surface area contributed by atoms with Gasteiger partial charge in [-0.15, -0.1) is 0 Å². The van der Waals surface area contributed by atoms with E-state index in [0.717, 1.165) is 5.56 Å². The Morgan fingerprint density at radius 3 is 2.92 bits per heavy atom. The predicted octanol–water partition coefficient (Wildman–Crippen LogP) is -0.195. The van der Waals surface area contributed by atoms with E-state index in [1.807, 2.05) is 13.0 Å². The second kappa shape index (κ2) is 5.89. The molecule has 0 unspecified atom stereocenters. The van der Waals surface area contributed by atoms with Gasteiger partial charge < -0.3 is 15.6 Å². The fraction of sp³-hybridized carbons (Fsp3) is 0.250. The van der Waals surface area contributed by atoms with Crippen LogP contribution < -0.4 is 15.9 Å². The largest absolute Gasteiger partial charge is 0.465 e. The number of methoxy groups -OCH3 is 1. The summed E-state index contributed by atoms with van der Waals surface area (Å²) in [6, 6.07) is 4.97. The molecule has 0 aliphatic rings. The molecule has 0 saturated heterocycles. The second-order valence-corrected chi connectivity index (χ2v) is 5.35. The van der Waals surface area contributed by atoms with Crippen LogP contribution in [0.1, 0.15) is 15.9 Å². The van der Waals surface area contributed by atoms with Crippen molar-refractivity contribution in [2.45, 2.75) is 13.5 Å². The van der Waals surface area contributed by atoms with Crippen LogP contribution in [-0.2, 0) is 11.3 Å². The fourth-order valence-corrected chi connectivity index (χ4v) is 2.71. The first-order chi connectivity index (χ1) is 11.5. The summed E-state index contributed by atoms with van der Waals surface area (Å²) < 4.78 is 7.59. The van der Waals surface area contributed by atoms with Gasteiger partial charge in [0, 0.05) is 11.8 Å². The molecule has 24 heavy (non-hydrogen) atoms. The van der Waals surface area contributed by atoms with E-state index in [9.17, 15) is 14.7 Å². The molecule has 0 aromatic carbocycles. The molecule has 0 atom stereocenters. The lowest BCUT2D eigenvalue weighted by Gasteiger charge is -2.10. The molecular weight excluding hydrogens is 312 g/mol. The first-order valence-corrected chi connectivity index (χ1v) is 7.32. The number of nitrogens with zero attached hydrogens (tertiary/aromatic N) is 3. The molecule has 0 aliphatic heterocycles. The van der Waals surface area contributed by atoms with Crippen molar-refractivity contribution in [3.05, 3.63) is 45.9 Å². The zero-order valence-electron chi connectivity index (χ0n) is 13.3. The Hall–Kier alpha value is -3.00. The highest BCUT2D eigenvalue weighted by Crippen LogP contribution is 2.16. The van der Waals surface area contributed by atoms with Crippen molar-refractivity contribution >= 4 is 28.5 Å². The number of carbonyl (C=O) groups excluding carboxylic acids is 1. The highest BCUT2D eigenvalue weighted by Gasteiger charge is 2.24. The van der Waals surface area contributed by atoms with Gasteiger partial charge >= 0.3 is 5.97 Å². The van der Waals surface area contributed by atoms with E-state index in [1.165, 1.54) is 22.1 Å². The topological polar surface area (TPSA) is 111 Å². The van der Waals surface area contributed by atoms with Gasteiger partial charge in [-0.05, 0) is 19.1 Å². The number of hydrogen-bond acceptors (Lipinski definition) is 6. The molecular formula is C16H17N4O4+. The van der Waals surface area contributed by atoms with Gasteiger partial charge in [0.15, 0.2) is 0 Å². The Morgan fingerprint density at radius 2 is 2.25 bits per heavy atom.